The Kier molecular flexibility index (Phi) is 5.61. The number of nitrogens with one attached hydrogen (secondary N) is 2. The average Bonchev–Trinajstić information content (AvgIpc) is 2.55. The maximum Gasteiger partial charge on any atom is 0.229 e. The zero-order valence-electron chi connectivity index (χ0n) is 13.1. The minimum Gasteiger partial charge on any atom is -0.394 e. The molecule has 0 saturated heterocycles. The predicted octanol–water partition coefficient (Wildman–Crippen LogP) is 1.50. The van der Waals surface area contributed by atoms with Crippen LogP contribution in [0.1, 0.15) is 22.8 Å². The number of aliphatic hydroxyl groups excluding tert-OH is 2. The van der Waals surface area contributed by atoms with E-state index in [4.69, 9.17) is 10.2 Å². The molecule has 0 aliphatic heterocycles. The van der Waals surface area contributed by atoms with Crippen LogP contribution >= 0.6 is 0 Å². The van der Waals surface area contributed by atoms with Crippen molar-refractivity contribution in [3.05, 3.63) is 41.6 Å². The number of hydrogen-bond donors (Lipinski definition) is 4. The maximum absolute atomic E-state index is 11.3. The highest BCUT2D eigenvalue weighted by Gasteiger charge is 2.10. The smallest absolute Gasteiger partial charge is 0.229 e. The number of aromatic nitrogens is 2. The number of carbonyl (C=O) groups excluding carboxylic acids is 1. The van der Waals surface area contributed by atoms with Gasteiger partial charge in [-0.3, -0.25) is 4.79 Å². The van der Waals surface area contributed by atoms with E-state index in [1.54, 1.807) is 30.5 Å². The number of benzene rings is 1. The largest absolute Gasteiger partial charge is 0.394 e. The normalized spacial score (nSPS) is 10.7. The van der Waals surface area contributed by atoms with Crippen LogP contribution in [0, 0.1) is 6.92 Å². The Balaban J connectivity index is 2.15. The van der Waals surface area contributed by atoms with Gasteiger partial charge in [-0.05, 0) is 38.1 Å². The number of rotatable bonds is 7. The van der Waals surface area contributed by atoms with Crippen LogP contribution in [-0.4, -0.2) is 45.2 Å². The second kappa shape index (κ2) is 7.66. The standard InChI is InChI=1S/C16H20N4O3/c1-10-7-17-16(20-15(10)18-14(8-21)9-22)19-13-5-3-12(4-6-13)11(2)23/h3-7,14,21-22H,8-9H2,1-2H3,(H2,17,18,19,20). The van der Waals surface area contributed by atoms with Crippen LogP contribution in [0.4, 0.5) is 17.5 Å². The monoisotopic (exact) mass is 316 g/mol. The third-order valence-electron chi connectivity index (χ3n) is 3.30. The van der Waals surface area contributed by atoms with Gasteiger partial charge in [-0.2, -0.15) is 4.98 Å². The SMILES string of the molecule is CC(=O)c1ccc(Nc2ncc(C)c(NC(CO)CO)n2)cc1. The highest BCUT2D eigenvalue weighted by atomic mass is 16.3. The van der Waals surface area contributed by atoms with Crippen molar-refractivity contribution in [1.29, 1.82) is 0 Å². The zero-order chi connectivity index (χ0) is 16.8. The van der Waals surface area contributed by atoms with Crippen molar-refractivity contribution in [3.8, 4) is 0 Å². The van der Waals surface area contributed by atoms with E-state index < -0.39 is 6.04 Å². The Morgan fingerprint density at radius 2 is 1.87 bits per heavy atom. The van der Waals surface area contributed by atoms with E-state index in [-0.39, 0.29) is 19.0 Å². The van der Waals surface area contributed by atoms with Gasteiger partial charge in [0.05, 0.1) is 19.3 Å². The van der Waals surface area contributed by atoms with Gasteiger partial charge >= 0.3 is 0 Å². The van der Waals surface area contributed by atoms with Crippen molar-refractivity contribution < 1.29 is 15.0 Å². The number of Topliss-reactive ketones (excluding diaryl/α,β-unsaturated/α-hetero) is 1. The summed E-state index contributed by atoms with van der Waals surface area (Å²) in [6.45, 7) is 2.95. The Morgan fingerprint density at radius 1 is 1.22 bits per heavy atom. The number of anilines is 3. The quantitative estimate of drug-likeness (QED) is 0.573. The first-order chi connectivity index (χ1) is 11.0. The topological polar surface area (TPSA) is 107 Å². The molecular formula is C16H20N4O3. The van der Waals surface area contributed by atoms with Gasteiger partial charge in [-0.25, -0.2) is 4.98 Å². The minimum atomic E-state index is -0.480. The molecule has 7 nitrogen and oxygen atoms in total. The molecule has 0 fully saturated rings. The lowest BCUT2D eigenvalue weighted by Crippen LogP contribution is -2.28. The number of nitrogens with zero attached hydrogens (tertiary/aromatic N) is 2. The van der Waals surface area contributed by atoms with E-state index in [1.807, 2.05) is 6.92 Å². The molecule has 0 unspecified atom stereocenters. The summed E-state index contributed by atoms with van der Waals surface area (Å²) in [6.07, 6.45) is 1.65. The highest BCUT2D eigenvalue weighted by molar-refractivity contribution is 5.94. The molecule has 0 spiro atoms. The first kappa shape index (κ1) is 16.9. The van der Waals surface area contributed by atoms with Gasteiger partial charge in [0.25, 0.3) is 0 Å². The van der Waals surface area contributed by atoms with Crippen molar-refractivity contribution in [2.75, 3.05) is 23.8 Å². The fourth-order valence-electron chi connectivity index (χ4n) is 1.91. The molecule has 2 aromatic rings. The third-order valence-corrected chi connectivity index (χ3v) is 3.30. The minimum absolute atomic E-state index is 0.00803. The van der Waals surface area contributed by atoms with Gasteiger partial charge < -0.3 is 20.8 Å². The molecule has 0 saturated carbocycles. The summed E-state index contributed by atoms with van der Waals surface area (Å²) in [5.41, 5.74) is 2.19. The zero-order valence-corrected chi connectivity index (χ0v) is 13.1. The van der Waals surface area contributed by atoms with Gasteiger partial charge in [0.2, 0.25) is 5.95 Å². The predicted molar refractivity (Wildman–Crippen MR) is 88.1 cm³/mol. The summed E-state index contributed by atoms with van der Waals surface area (Å²) in [6, 6.07) is 6.53. The van der Waals surface area contributed by atoms with E-state index in [2.05, 4.69) is 20.6 Å². The highest BCUT2D eigenvalue weighted by Crippen LogP contribution is 2.18. The third kappa shape index (κ3) is 4.48. The van der Waals surface area contributed by atoms with E-state index in [9.17, 15) is 4.79 Å². The summed E-state index contributed by atoms with van der Waals surface area (Å²) in [5.74, 6) is 0.924. The summed E-state index contributed by atoms with van der Waals surface area (Å²) >= 11 is 0. The molecule has 122 valence electrons. The molecule has 0 radical (unpaired) electrons. The summed E-state index contributed by atoms with van der Waals surface area (Å²) in [4.78, 5) is 19.8. The van der Waals surface area contributed by atoms with E-state index in [0.29, 0.717) is 17.3 Å². The Labute approximate surface area is 134 Å². The van der Waals surface area contributed by atoms with Crippen LogP contribution in [0.5, 0.6) is 0 Å². The van der Waals surface area contributed by atoms with Crippen LogP contribution in [0.25, 0.3) is 0 Å². The van der Waals surface area contributed by atoms with Crippen molar-refractivity contribution in [2.45, 2.75) is 19.9 Å². The van der Waals surface area contributed by atoms with E-state index in [0.717, 1.165) is 11.3 Å². The summed E-state index contributed by atoms with van der Waals surface area (Å²) < 4.78 is 0. The molecule has 0 aliphatic rings. The van der Waals surface area contributed by atoms with Gasteiger partial charge in [0, 0.05) is 23.0 Å². The van der Waals surface area contributed by atoms with Crippen LogP contribution in [0.2, 0.25) is 0 Å². The van der Waals surface area contributed by atoms with Crippen LogP contribution in [-0.2, 0) is 0 Å². The van der Waals surface area contributed by atoms with Crippen molar-refractivity contribution in [3.63, 3.8) is 0 Å². The molecule has 1 aromatic heterocycles. The van der Waals surface area contributed by atoms with Crippen molar-refractivity contribution in [2.24, 2.45) is 0 Å². The van der Waals surface area contributed by atoms with Gasteiger partial charge in [-0.1, -0.05) is 0 Å². The van der Waals surface area contributed by atoms with Crippen molar-refractivity contribution >= 4 is 23.2 Å². The molecule has 1 heterocycles. The lowest BCUT2D eigenvalue weighted by Gasteiger charge is -2.16. The molecule has 23 heavy (non-hydrogen) atoms. The molecule has 0 bridgehead atoms. The molecular weight excluding hydrogens is 296 g/mol. The Bertz CT molecular complexity index is 670. The number of aryl methyl sites for hydroxylation is 1. The van der Waals surface area contributed by atoms with E-state index in [1.165, 1.54) is 6.92 Å². The number of aliphatic hydroxyl groups is 2. The lowest BCUT2D eigenvalue weighted by molar-refractivity contribution is 0.101. The van der Waals surface area contributed by atoms with Gasteiger partial charge in [-0.15, -0.1) is 0 Å². The maximum atomic E-state index is 11.3. The van der Waals surface area contributed by atoms with Gasteiger partial charge in [0.1, 0.15) is 5.82 Å². The first-order valence-electron chi connectivity index (χ1n) is 7.23. The Hall–Kier alpha value is -2.51. The van der Waals surface area contributed by atoms with E-state index >= 15 is 0 Å². The van der Waals surface area contributed by atoms with Crippen LogP contribution in [0.15, 0.2) is 30.5 Å². The molecule has 2 rings (SSSR count). The fraction of sp³-hybridized carbons (Fsp3) is 0.312. The Morgan fingerprint density at radius 3 is 2.43 bits per heavy atom. The summed E-state index contributed by atoms with van der Waals surface area (Å²) in [7, 11) is 0. The average molecular weight is 316 g/mol. The molecule has 0 atom stereocenters. The molecule has 7 heteroatoms. The fourth-order valence-corrected chi connectivity index (χ4v) is 1.91. The second-order valence-electron chi connectivity index (χ2n) is 5.19. The van der Waals surface area contributed by atoms with Crippen molar-refractivity contribution in [1.82, 2.24) is 9.97 Å². The summed E-state index contributed by atoms with van der Waals surface area (Å²) in [5, 5.41) is 24.3. The number of ketones is 1. The first-order valence-corrected chi connectivity index (χ1v) is 7.23. The number of carbonyl (C=O) groups is 1. The van der Waals surface area contributed by atoms with Crippen LogP contribution in [0.3, 0.4) is 0 Å². The second-order valence-corrected chi connectivity index (χ2v) is 5.19. The molecule has 0 aliphatic carbocycles. The molecule has 0 amide bonds. The lowest BCUT2D eigenvalue weighted by atomic mass is 10.1. The number of hydrogen-bond acceptors (Lipinski definition) is 7. The van der Waals surface area contributed by atoms with Gasteiger partial charge in [0.15, 0.2) is 5.78 Å². The van der Waals surface area contributed by atoms with Crippen LogP contribution < -0.4 is 10.6 Å². The molecule has 1 aromatic carbocycles. The molecule has 4 N–H and O–H groups in total.